The molecule has 5 atom stereocenters. The van der Waals surface area contributed by atoms with E-state index in [2.05, 4.69) is 0 Å². The van der Waals surface area contributed by atoms with Gasteiger partial charge in [0.25, 0.3) is 0 Å². The maximum atomic E-state index is 6.11. The van der Waals surface area contributed by atoms with Crippen molar-refractivity contribution in [2.45, 2.75) is 38.1 Å². The number of fused-ring (bicyclic) bond motifs is 2. The molecule has 4 rings (SSSR count). The third-order valence-electron chi connectivity index (χ3n) is 4.53. The molecule has 2 bridgehead atoms. The second kappa shape index (κ2) is 2.01. The highest BCUT2D eigenvalue weighted by molar-refractivity contribution is 5.02. The normalized spacial score (nSPS) is 60.3. The minimum Gasteiger partial charge on any atom is -0.327 e. The van der Waals surface area contributed by atoms with Crippen LogP contribution in [0.4, 0.5) is 0 Å². The Morgan fingerprint density at radius 1 is 0.818 bits per heavy atom. The van der Waals surface area contributed by atoms with E-state index in [4.69, 9.17) is 5.73 Å². The van der Waals surface area contributed by atoms with Crippen molar-refractivity contribution in [2.75, 3.05) is 0 Å². The molecule has 4 aliphatic rings. The molecular weight excluding hydrogens is 134 g/mol. The molecule has 1 heteroatoms. The van der Waals surface area contributed by atoms with Crippen LogP contribution in [-0.4, -0.2) is 6.04 Å². The van der Waals surface area contributed by atoms with Crippen LogP contribution < -0.4 is 5.73 Å². The van der Waals surface area contributed by atoms with Gasteiger partial charge in [0.1, 0.15) is 0 Å². The first-order chi connectivity index (χ1) is 5.36. The molecule has 0 heterocycles. The van der Waals surface area contributed by atoms with Gasteiger partial charge in [-0.1, -0.05) is 0 Å². The van der Waals surface area contributed by atoms with Crippen molar-refractivity contribution in [3.05, 3.63) is 0 Å². The van der Waals surface area contributed by atoms with Gasteiger partial charge < -0.3 is 5.73 Å². The molecule has 62 valence electrons. The first-order valence-corrected chi connectivity index (χ1v) is 5.12. The molecule has 11 heavy (non-hydrogen) atoms. The van der Waals surface area contributed by atoms with Crippen molar-refractivity contribution < 1.29 is 0 Å². The minimum atomic E-state index is 0.579. The van der Waals surface area contributed by atoms with E-state index in [0.717, 1.165) is 23.7 Å². The number of rotatable bonds is 0. The SMILES string of the molecule is NC1CC2CCC1C1CCC21. The molecule has 0 radical (unpaired) electrons. The molecule has 1 nitrogen and oxygen atoms in total. The van der Waals surface area contributed by atoms with Gasteiger partial charge in [0.2, 0.25) is 0 Å². The molecule has 0 spiro atoms. The standard InChI is InChI=1S/C10H17N/c11-10-5-6-1-2-9(10)8-4-3-7(6)8/h6-10H,1-5,11H2. The smallest absolute Gasteiger partial charge is 0.00726 e. The number of nitrogens with two attached hydrogens (primary N) is 1. The Labute approximate surface area is 68.3 Å². The van der Waals surface area contributed by atoms with E-state index in [1.165, 1.54) is 32.1 Å². The minimum absolute atomic E-state index is 0.579. The number of hydrogen-bond donors (Lipinski definition) is 1. The van der Waals surface area contributed by atoms with Crippen molar-refractivity contribution in [3.8, 4) is 0 Å². The molecule has 4 saturated carbocycles. The van der Waals surface area contributed by atoms with Crippen LogP contribution in [0.5, 0.6) is 0 Å². The summed E-state index contributed by atoms with van der Waals surface area (Å²) in [5.41, 5.74) is 6.11. The molecule has 4 aliphatic carbocycles. The summed E-state index contributed by atoms with van der Waals surface area (Å²) < 4.78 is 0. The second-order valence-corrected chi connectivity index (χ2v) is 4.81. The Bertz CT molecular complexity index is 176. The summed E-state index contributed by atoms with van der Waals surface area (Å²) in [6, 6.07) is 0.579. The zero-order valence-electron chi connectivity index (χ0n) is 7.00. The Kier molecular flexibility index (Phi) is 1.18. The summed E-state index contributed by atoms with van der Waals surface area (Å²) in [4.78, 5) is 0. The maximum absolute atomic E-state index is 6.11. The highest BCUT2D eigenvalue weighted by Crippen LogP contribution is 2.57. The Morgan fingerprint density at radius 3 is 2.00 bits per heavy atom. The molecule has 0 amide bonds. The van der Waals surface area contributed by atoms with Crippen LogP contribution in [-0.2, 0) is 0 Å². The molecular formula is C10H17N. The van der Waals surface area contributed by atoms with E-state index in [-0.39, 0.29) is 0 Å². The van der Waals surface area contributed by atoms with Crippen molar-refractivity contribution in [1.82, 2.24) is 0 Å². The van der Waals surface area contributed by atoms with Crippen molar-refractivity contribution in [3.63, 3.8) is 0 Å². The highest BCUT2D eigenvalue weighted by Gasteiger charge is 2.51. The van der Waals surface area contributed by atoms with Crippen LogP contribution in [0.15, 0.2) is 0 Å². The van der Waals surface area contributed by atoms with E-state index >= 15 is 0 Å². The fourth-order valence-corrected chi connectivity index (χ4v) is 3.85. The predicted octanol–water partition coefficient (Wildman–Crippen LogP) is 1.77. The van der Waals surface area contributed by atoms with Gasteiger partial charge in [-0.05, 0) is 55.8 Å². The average Bonchev–Trinajstić information content (AvgIpc) is 1.89. The molecule has 4 fully saturated rings. The van der Waals surface area contributed by atoms with Crippen LogP contribution in [0, 0.1) is 23.7 Å². The van der Waals surface area contributed by atoms with Crippen molar-refractivity contribution in [2.24, 2.45) is 29.4 Å². The zero-order chi connectivity index (χ0) is 7.42. The Hall–Kier alpha value is -0.0400. The lowest BCUT2D eigenvalue weighted by Gasteiger charge is -2.57. The summed E-state index contributed by atoms with van der Waals surface area (Å²) in [6.07, 6.45) is 7.33. The third-order valence-corrected chi connectivity index (χ3v) is 4.53. The summed E-state index contributed by atoms with van der Waals surface area (Å²) in [5, 5.41) is 0. The van der Waals surface area contributed by atoms with Gasteiger partial charge in [0.15, 0.2) is 0 Å². The van der Waals surface area contributed by atoms with Gasteiger partial charge in [-0.2, -0.15) is 0 Å². The average molecular weight is 151 g/mol. The molecule has 0 aromatic rings. The van der Waals surface area contributed by atoms with E-state index < -0.39 is 0 Å². The Morgan fingerprint density at radius 2 is 1.55 bits per heavy atom. The molecule has 0 saturated heterocycles. The lowest BCUT2D eigenvalue weighted by Crippen LogP contribution is -2.55. The Balaban J connectivity index is 1.89. The van der Waals surface area contributed by atoms with Crippen LogP contribution in [0.2, 0.25) is 0 Å². The quantitative estimate of drug-likeness (QED) is 0.561. The van der Waals surface area contributed by atoms with E-state index in [1.807, 2.05) is 0 Å². The maximum Gasteiger partial charge on any atom is 0.00726 e. The van der Waals surface area contributed by atoms with E-state index in [9.17, 15) is 0 Å². The third kappa shape index (κ3) is 0.703. The fraction of sp³-hybridized carbons (Fsp3) is 1.00. The summed E-state index contributed by atoms with van der Waals surface area (Å²) in [5.74, 6) is 4.15. The molecule has 0 aromatic heterocycles. The van der Waals surface area contributed by atoms with E-state index in [1.54, 1.807) is 0 Å². The zero-order valence-corrected chi connectivity index (χ0v) is 7.00. The monoisotopic (exact) mass is 151 g/mol. The lowest BCUT2D eigenvalue weighted by molar-refractivity contribution is -0.0597. The van der Waals surface area contributed by atoms with Gasteiger partial charge in [-0.15, -0.1) is 0 Å². The largest absolute Gasteiger partial charge is 0.327 e. The number of hydrogen-bond acceptors (Lipinski definition) is 1. The summed E-state index contributed by atoms with van der Waals surface area (Å²) >= 11 is 0. The summed E-state index contributed by atoms with van der Waals surface area (Å²) in [6.45, 7) is 0. The molecule has 0 aromatic carbocycles. The van der Waals surface area contributed by atoms with Gasteiger partial charge in [0, 0.05) is 6.04 Å². The van der Waals surface area contributed by atoms with Crippen molar-refractivity contribution in [1.29, 1.82) is 0 Å². The lowest BCUT2D eigenvalue weighted by atomic mass is 9.49. The molecule has 0 aliphatic heterocycles. The van der Waals surface area contributed by atoms with Gasteiger partial charge in [-0.3, -0.25) is 0 Å². The van der Waals surface area contributed by atoms with Crippen LogP contribution >= 0.6 is 0 Å². The highest BCUT2D eigenvalue weighted by atomic mass is 14.7. The van der Waals surface area contributed by atoms with Crippen LogP contribution in [0.25, 0.3) is 0 Å². The van der Waals surface area contributed by atoms with Gasteiger partial charge in [0.05, 0.1) is 0 Å². The van der Waals surface area contributed by atoms with Crippen LogP contribution in [0.1, 0.15) is 32.1 Å². The first-order valence-electron chi connectivity index (χ1n) is 5.12. The molecule has 2 N–H and O–H groups in total. The first kappa shape index (κ1) is 6.47. The van der Waals surface area contributed by atoms with Gasteiger partial charge in [-0.25, -0.2) is 0 Å². The second-order valence-electron chi connectivity index (χ2n) is 4.81. The predicted molar refractivity (Wildman–Crippen MR) is 45.0 cm³/mol. The fourth-order valence-electron chi connectivity index (χ4n) is 3.85. The topological polar surface area (TPSA) is 26.0 Å². The van der Waals surface area contributed by atoms with Crippen LogP contribution in [0.3, 0.4) is 0 Å². The van der Waals surface area contributed by atoms with Crippen molar-refractivity contribution >= 4 is 0 Å². The summed E-state index contributed by atoms with van der Waals surface area (Å²) in [7, 11) is 0. The van der Waals surface area contributed by atoms with Gasteiger partial charge >= 0.3 is 0 Å². The van der Waals surface area contributed by atoms with E-state index in [0.29, 0.717) is 6.04 Å². The molecule has 5 unspecified atom stereocenters.